The highest BCUT2D eigenvalue weighted by atomic mass is 28.4. The first kappa shape index (κ1) is 26.9. The van der Waals surface area contributed by atoms with Crippen molar-refractivity contribution in [2.24, 2.45) is 5.92 Å². The van der Waals surface area contributed by atoms with Crippen LogP contribution >= 0.6 is 0 Å². The van der Waals surface area contributed by atoms with Gasteiger partial charge in [0.1, 0.15) is 0 Å². The van der Waals surface area contributed by atoms with Gasteiger partial charge in [-0.1, -0.05) is 39.0 Å². The number of fused-ring (bicyclic) bond motifs is 2. The van der Waals surface area contributed by atoms with Crippen molar-refractivity contribution in [1.82, 2.24) is 10.2 Å². The number of unbranched alkanes of at least 4 members (excludes halogenated alkanes) is 2. The molecule has 5 nitrogen and oxygen atoms in total. The lowest BCUT2D eigenvalue weighted by atomic mass is 9.80. The molecule has 1 N–H and O–H groups in total. The van der Waals surface area contributed by atoms with E-state index in [2.05, 4.69) is 62.8 Å². The van der Waals surface area contributed by atoms with E-state index in [4.69, 9.17) is 4.43 Å². The van der Waals surface area contributed by atoms with Crippen LogP contribution < -0.4 is 5.32 Å². The lowest BCUT2D eigenvalue weighted by Gasteiger charge is -2.43. The Kier molecular flexibility index (Phi) is 9.02. The molecule has 0 radical (unpaired) electrons. The van der Waals surface area contributed by atoms with Crippen LogP contribution in [-0.4, -0.2) is 43.7 Å². The SMILES string of the molecule is C=CCCCCNC(=O)C[C@@H]1C2=C(CC[C@H]1O[Si](C)(C)C(C)(C)C)N1C(=O)CCC/C=C\C1C2. The minimum absolute atomic E-state index is 0.0379. The van der Waals surface area contributed by atoms with Gasteiger partial charge in [0.05, 0.1) is 12.1 Å². The average Bonchev–Trinajstić information content (AvgIpc) is 3.10. The van der Waals surface area contributed by atoms with Crippen LogP contribution in [0.3, 0.4) is 0 Å². The van der Waals surface area contributed by atoms with Gasteiger partial charge in [0.15, 0.2) is 8.32 Å². The zero-order valence-corrected chi connectivity index (χ0v) is 23.1. The number of hydrogen-bond donors (Lipinski definition) is 1. The number of rotatable bonds is 9. The molecule has 0 saturated heterocycles. The summed E-state index contributed by atoms with van der Waals surface area (Å²) in [6.45, 7) is 15.9. The molecule has 2 heterocycles. The number of hydrogen-bond acceptors (Lipinski definition) is 3. The topological polar surface area (TPSA) is 58.6 Å². The molecule has 3 atom stereocenters. The van der Waals surface area contributed by atoms with Gasteiger partial charge in [0, 0.05) is 31.0 Å². The first-order valence-corrected chi connectivity index (χ1v) is 16.2. The van der Waals surface area contributed by atoms with Gasteiger partial charge < -0.3 is 14.6 Å². The molecule has 0 fully saturated rings. The maximum atomic E-state index is 13.0. The summed E-state index contributed by atoms with van der Waals surface area (Å²) in [5.74, 6) is 0.386. The van der Waals surface area contributed by atoms with E-state index in [1.54, 1.807) is 0 Å². The van der Waals surface area contributed by atoms with E-state index in [1.807, 2.05) is 6.08 Å². The van der Waals surface area contributed by atoms with Gasteiger partial charge in [0.25, 0.3) is 0 Å². The minimum Gasteiger partial charge on any atom is -0.413 e. The summed E-state index contributed by atoms with van der Waals surface area (Å²) in [4.78, 5) is 28.1. The Bertz CT molecular complexity index is 824. The van der Waals surface area contributed by atoms with Crippen LogP contribution in [0.2, 0.25) is 18.1 Å². The standard InChI is InChI=1S/C28H46N2O3Si/c1-7-8-9-13-18-29-26(31)20-23-22-19-21-14-11-10-12-15-27(32)30(21)24(22)16-17-25(23)33-34(5,6)28(2,3)4/h7,11,14,21,23,25H,1,8-10,12-13,15-20H2,2-6H3,(H,29,31)/b14-11-/t21?,23-,25-/m1/s1. The van der Waals surface area contributed by atoms with Crippen LogP contribution in [0.1, 0.15) is 85.0 Å². The summed E-state index contributed by atoms with van der Waals surface area (Å²) >= 11 is 0. The molecule has 3 aliphatic rings. The number of amides is 2. The van der Waals surface area contributed by atoms with E-state index >= 15 is 0 Å². The number of carbonyl (C=O) groups excluding carboxylic acids is 2. The second kappa shape index (κ2) is 11.4. The molecule has 190 valence electrons. The van der Waals surface area contributed by atoms with Gasteiger partial charge in [-0.05, 0) is 75.1 Å². The molecule has 2 amide bonds. The van der Waals surface area contributed by atoms with Crippen LogP contribution in [-0.2, 0) is 14.0 Å². The fourth-order valence-corrected chi connectivity index (χ4v) is 6.63. The average molecular weight is 487 g/mol. The first-order valence-electron chi connectivity index (χ1n) is 13.3. The van der Waals surface area contributed by atoms with E-state index in [1.165, 1.54) is 11.3 Å². The highest BCUT2D eigenvalue weighted by Gasteiger charge is 2.47. The fourth-order valence-electron chi connectivity index (χ4n) is 5.24. The fraction of sp³-hybridized carbons (Fsp3) is 0.714. The normalized spacial score (nSPS) is 26.4. The maximum Gasteiger partial charge on any atom is 0.227 e. The van der Waals surface area contributed by atoms with E-state index in [-0.39, 0.29) is 34.9 Å². The molecule has 2 aliphatic heterocycles. The number of nitrogens with zero attached hydrogens (tertiary/aromatic N) is 1. The number of allylic oxidation sites excluding steroid dienone is 3. The molecule has 6 heteroatoms. The third kappa shape index (κ3) is 6.31. The summed E-state index contributed by atoms with van der Waals surface area (Å²) in [6.07, 6.45) is 14.9. The van der Waals surface area contributed by atoms with Gasteiger partial charge in [-0.15, -0.1) is 6.58 Å². The smallest absolute Gasteiger partial charge is 0.227 e. The second-order valence-electron chi connectivity index (χ2n) is 11.7. The second-order valence-corrected chi connectivity index (χ2v) is 16.5. The van der Waals surface area contributed by atoms with Crippen molar-refractivity contribution in [1.29, 1.82) is 0 Å². The molecule has 0 aromatic carbocycles. The van der Waals surface area contributed by atoms with Crippen LogP contribution in [0.15, 0.2) is 36.1 Å². The molecular formula is C28H46N2O3Si. The lowest BCUT2D eigenvalue weighted by molar-refractivity contribution is -0.130. The Morgan fingerprint density at radius 2 is 2.06 bits per heavy atom. The number of nitrogens with one attached hydrogen (secondary N) is 1. The Morgan fingerprint density at radius 3 is 2.76 bits per heavy atom. The molecule has 0 spiro atoms. The molecule has 1 aliphatic carbocycles. The van der Waals surface area contributed by atoms with Crippen molar-refractivity contribution in [2.75, 3.05) is 6.54 Å². The van der Waals surface area contributed by atoms with Crippen molar-refractivity contribution in [3.8, 4) is 0 Å². The Labute approximate surface area is 208 Å². The molecule has 0 aromatic heterocycles. The Morgan fingerprint density at radius 1 is 1.29 bits per heavy atom. The highest BCUT2D eigenvalue weighted by molar-refractivity contribution is 6.74. The van der Waals surface area contributed by atoms with Crippen molar-refractivity contribution in [3.63, 3.8) is 0 Å². The zero-order chi connectivity index (χ0) is 24.9. The zero-order valence-electron chi connectivity index (χ0n) is 22.1. The summed E-state index contributed by atoms with van der Waals surface area (Å²) < 4.78 is 6.94. The van der Waals surface area contributed by atoms with Crippen molar-refractivity contribution < 1.29 is 14.0 Å². The Hall–Kier alpha value is -1.66. The molecule has 3 rings (SSSR count). The summed E-state index contributed by atoms with van der Waals surface area (Å²) in [6, 6.07) is 0.105. The molecule has 34 heavy (non-hydrogen) atoms. The molecule has 0 saturated carbocycles. The van der Waals surface area contributed by atoms with E-state index < -0.39 is 8.32 Å². The predicted octanol–water partition coefficient (Wildman–Crippen LogP) is 6.24. The van der Waals surface area contributed by atoms with E-state index in [9.17, 15) is 9.59 Å². The predicted molar refractivity (Wildman–Crippen MR) is 142 cm³/mol. The first-order chi connectivity index (χ1) is 16.0. The molecule has 1 unspecified atom stereocenters. The van der Waals surface area contributed by atoms with Crippen LogP contribution in [0, 0.1) is 5.92 Å². The van der Waals surface area contributed by atoms with Crippen LogP contribution in [0.25, 0.3) is 0 Å². The van der Waals surface area contributed by atoms with Crippen molar-refractivity contribution >= 4 is 20.1 Å². The Balaban J connectivity index is 1.82. The van der Waals surface area contributed by atoms with Crippen LogP contribution in [0.4, 0.5) is 0 Å². The quantitative estimate of drug-likeness (QED) is 0.238. The maximum absolute atomic E-state index is 13.0. The van der Waals surface area contributed by atoms with Crippen LogP contribution in [0.5, 0.6) is 0 Å². The van der Waals surface area contributed by atoms with Gasteiger partial charge >= 0.3 is 0 Å². The van der Waals surface area contributed by atoms with E-state index in [0.29, 0.717) is 19.4 Å². The minimum atomic E-state index is -2.00. The number of carbonyl (C=O) groups is 2. The summed E-state index contributed by atoms with van der Waals surface area (Å²) in [7, 11) is -2.00. The van der Waals surface area contributed by atoms with Crippen molar-refractivity contribution in [2.45, 2.75) is 115 Å². The van der Waals surface area contributed by atoms with Gasteiger partial charge in [-0.2, -0.15) is 0 Å². The molecular weight excluding hydrogens is 440 g/mol. The monoisotopic (exact) mass is 486 g/mol. The summed E-state index contributed by atoms with van der Waals surface area (Å²) in [5, 5.41) is 3.25. The van der Waals surface area contributed by atoms with Gasteiger partial charge in [-0.25, -0.2) is 0 Å². The van der Waals surface area contributed by atoms with Gasteiger partial charge in [-0.3, -0.25) is 9.59 Å². The van der Waals surface area contributed by atoms with E-state index in [0.717, 1.165) is 51.4 Å². The lowest BCUT2D eigenvalue weighted by Crippen LogP contribution is -2.47. The van der Waals surface area contributed by atoms with Crippen molar-refractivity contribution in [3.05, 3.63) is 36.1 Å². The highest BCUT2D eigenvalue weighted by Crippen LogP contribution is 2.47. The third-order valence-corrected chi connectivity index (χ3v) is 12.7. The molecule has 0 aromatic rings. The third-order valence-electron chi connectivity index (χ3n) is 8.19. The largest absolute Gasteiger partial charge is 0.413 e. The summed E-state index contributed by atoms with van der Waals surface area (Å²) in [5.41, 5.74) is 2.47. The molecule has 0 bridgehead atoms. The van der Waals surface area contributed by atoms with Gasteiger partial charge in [0.2, 0.25) is 11.8 Å².